The summed E-state index contributed by atoms with van der Waals surface area (Å²) in [5.74, 6) is -0.390. The van der Waals surface area contributed by atoms with Crippen LogP contribution in [0, 0.1) is 5.92 Å². The molecule has 1 aliphatic rings. The van der Waals surface area contributed by atoms with E-state index >= 15 is 0 Å². The number of amides is 2. The van der Waals surface area contributed by atoms with Gasteiger partial charge in [0.15, 0.2) is 5.65 Å². The Morgan fingerprint density at radius 3 is 2.46 bits per heavy atom. The fraction of sp³-hybridized carbons (Fsp3) is 0.286. The zero-order valence-electron chi connectivity index (χ0n) is 20.0. The van der Waals surface area contributed by atoms with E-state index in [9.17, 15) is 9.59 Å². The standard InChI is InChI=1S/C28H29N5O2/c1-19(2)33-26-24(17-29-33)23(16-25(31-26)20-10-5-3-6-11-20)28(35)32-15-9-12-21(18-32)27(34)30-22-13-7-4-8-14-22/h3-8,10-11,13-14,16-17,19,21H,9,12,15,18H2,1-2H3,(H,30,34). The minimum Gasteiger partial charge on any atom is -0.338 e. The number of hydrogen-bond donors (Lipinski definition) is 1. The summed E-state index contributed by atoms with van der Waals surface area (Å²) in [6, 6.07) is 21.3. The number of benzene rings is 2. The zero-order valence-corrected chi connectivity index (χ0v) is 20.0. The third-order valence-electron chi connectivity index (χ3n) is 6.48. The van der Waals surface area contributed by atoms with Gasteiger partial charge in [-0.25, -0.2) is 9.67 Å². The van der Waals surface area contributed by atoms with Crippen LogP contribution in [-0.4, -0.2) is 44.6 Å². The van der Waals surface area contributed by atoms with Gasteiger partial charge < -0.3 is 10.2 Å². The highest BCUT2D eigenvalue weighted by atomic mass is 16.2. The maximum Gasteiger partial charge on any atom is 0.254 e. The number of anilines is 1. The van der Waals surface area contributed by atoms with Gasteiger partial charge in [0, 0.05) is 30.4 Å². The Hall–Kier alpha value is -4.00. The molecule has 0 spiro atoms. The van der Waals surface area contributed by atoms with Crippen molar-refractivity contribution >= 4 is 28.5 Å². The van der Waals surface area contributed by atoms with Crippen LogP contribution in [0.2, 0.25) is 0 Å². The Balaban J connectivity index is 1.46. The minimum absolute atomic E-state index is 0.0498. The molecule has 2 amide bonds. The summed E-state index contributed by atoms with van der Waals surface area (Å²) in [5.41, 5.74) is 3.72. The van der Waals surface area contributed by atoms with Gasteiger partial charge in [-0.1, -0.05) is 48.5 Å². The fourth-order valence-electron chi connectivity index (χ4n) is 4.64. The molecular formula is C28H29N5O2. The van der Waals surface area contributed by atoms with Crippen LogP contribution in [0.5, 0.6) is 0 Å². The highest BCUT2D eigenvalue weighted by Crippen LogP contribution is 2.29. The summed E-state index contributed by atoms with van der Waals surface area (Å²) in [6.07, 6.45) is 3.27. The second kappa shape index (κ2) is 9.70. The second-order valence-electron chi connectivity index (χ2n) is 9.29. The molecule has 2 aromatic carbocycles. The summed E-state index contributed by atoms with van der Waals surface area (Å²) < 4.78 is 1.85. The minimum atomic E-state index is -0.253. The van der Waals surface area contributed by atoms with Gasteiger partial charge in [-0.05, 0) is 44.9 Å². The monoisotopic (exact) mass is 467 g/mol. The molecule has 0 aliphatic carbocycles. The maximum atomic E-state index is 13.8. The van der Waals surface area contributed by atoms with Crippen molar-refractivity contribution in [2.24, 2.45) is 5.92 Å². The van der Waals surface area contributed by atoms with Crippen LogP contribution in [-0.2, 0) is 4.79 Å². The second-order valence-corrected chi connectivity index (χ2v) is 9.29. The number of rotatable bonds is 5. The largest absolute Gasteiger partial charge is 0.338 e. The van der Waals surface area contributed by atoms with E-state index in [-0.39, 0.29) is 23.8 Å². The van der Waals surface area contributed by atoms with E-state index in [1.807, 2.05) is 85.3 Å². The normalized spacial score (nSPS) is 16.0. The summed E-state index contributed by atoms with van der Waals surface area (Å²) in [6.45, 7) is 5.10. The van der Waals surface area contributed by atoms with Gasteiger partial charge in [-0.3, -0.25) is 9.59 Å². The predicted molar refractivity (Wildman–Crippen MR) is 137 cm³/mol. The van der Waals surface area contributed by atoms with Crippen LogP contribution < -0.4 is 5.32 Å². The lowest BCUT2D eigenvalue weighted by Gasteiger charge is -2.32. The SMILES string of the molecule is CC(C)n1ncc2c(C(=O)N3CCCC(C(=O)Nc4ccccc4)C3)cc(-c3ccccc3)nc21. The summed E-state index contributed by atoms with van der Waals surface area (Å²) in [4.78, 5) is 33.4. The third kappa shape index (κ3) is 4.67. The van der Waals surface area contributed by atoms with Crippen molar-refractivity contribution in [1.29, 1.82) is 0 Å². The lowest BCUT2D eigenvalue weighted by Crippen LogP contribution is -2.43. The molecule has 1 saturated heterocycles. The quantitative estimate of drug-likeness (QED) is 0.439. The number of carbonyl (C=O) groups is 2. The van der Waals surface area contributed by atoms with Gasteiger partial charge in [-0.15, -0.1) is 0 Å². The van der Waals surface area contributed by atoms with Gasteiger partial charge in [0.05, 0.1) is 28.8 Å². The summed E-state index contributed by atoms with van der Waals surface area (Å²) >= 11 is 0. The fourth-order valence-corrected chi connectivity index (χ4v) is 4.64. The number of piperidine rings is 1. The Morgan fingerprint density at radius 1 is 1.03 bits per heavy atom. The molecule has 2 aromatic heterocycles. The van der Waals surface area contributed by atoms with Gasteiger partial charge in [-0.2, -0.15) is 5.10 Å². The first kappa shape index (κ1) is 22.8. The van der Waals surface area contributed by atoms with E-state index in [1.54, 1.807) is 11.1 Å². The van der Waals surface area contributed by atoms with Crippen molar-refractivity contribution in [2.45, 2.75) is 32.7 Å². The smallest absolute Gasteiger partial charge is 0.254 e. The summed E-state index contributed by atoms with van der Waals surface area (Å²) in [7, 11) is 0. The molecule has 0 bridgehead atoms. The molecule has 0 saturated carbocycles. The van der Waals surface area contributed by atoms with Crippen LogP contribution in [0.25, 0.3) is 22.3 Å². The molecule has 7 heteroatoms. The van der Waals surface area contributed by atoms with Crippen molar-refractivity contribution in [3.05, 3.63) is 78.5 Å². The average molecular weight is 468 g/mol. The van der Waals surface area contributed by atoms with Crippen LogP contribution in [0.3, 0.4) is 0 Å². The number of nitrogens with one attached hydrogen (secondary N) is 1. The highest BCUT2D eigenvalue weighted by molar-refractivity contribution is 6.06. The number of likely N-dealkylation sites (tertiary alicyclic amines) is 1. The molecule has 3 heterocycles. The van der Waals surface area contributed by atoms with Crippen LogP contribution >= 0.6 is 0 Å². The number of carbonyl (C=O) groups excluding carboxylic acids is 2. The maximum absolute atomic E-state index is 13.8. The lowest BCUT2D eigenvalue weighted by atomic mass is 9.96. The molecule has 7 nitrogen and oxygen atoms in total. The van der Waals surface area contributed by atoms with Crippen LogP contribution in [0.15, 0.2) is 72.9 Å². The number of para-hydroxylation sites is 1. The van der Waals surface area contributed by atoms with E-state index < -0.39 is 0 Å². The number of aromatic nitrogens is 3. The number of nitrogens with zero attached hydrogens (tertiary/aromatic N) is 4. The van der Waals surface area contributed by atoms with Gasteiger partial charge in [0.25, 0.3) is 5.91 Å². The average Bonchev–Trinajstić information content (AvgIpc) is 3.33. The molecule has 5 rings (SSSR count). The molecule has 0 radical (unpaired) electrons. The Bertz CT molecular complexity index is 1350. The van der Waals surface area contributed by atoms with E-state index in [0.717, 1.165) is 35.2 Å². The van der Waals surface area contributed by atoms with E-state index in [1.165, 1.54) is 0 Å². The summed E-state index contributed by atoms with van der Waals surface area (Å²) in [5, 5.41) is 8.25. The molecule has 35 heavy (non-hydrogen) atoms. The van der Waals surface area contributed by atoms with Crippen molar-refractivity contribution in [3.63, 3.8) is 0 Å². The van der Waals surface area contributed by atoms with Crippen LogP contribution in [0.4, 0.5) is 5.69 Å². The molecule has 4 aromatic rings. The predicted octanol–water partition coefficient (Wildman–Crippen LogP) is 5.17. The molecule has 1 fully saturated rings. The first-order valence-electron chi connectivity index (χ1n) is 12.1. The van der Waals surface area contributed by atoms with E-state index in [0.29, 0.717) is 24.3 Å². The van der Waals surface area contributed by atoms with E-state index in [4.69, 9.17) is 4.98 Å². The van der Waals surface area contributed by atoms with Crippen molar-refractivity contribution in [3.8, 4) is 11.3 Å². The van der Waals surface area contributed by atoms with Crippen molar-refractivity contribution < 1.29 is 9.59 Å². The molecular weight excluding hydrogens is 438 g/mol. The van der Waals surface area contributed by atoms with E-state index in [2.05, 4.69) is 10.4 Å². The van der Waals surface area contributed by atoms with Gasteiger partial charge >= 0.3 is 0 Å². The first-order valence-corrected chi connectivity index (χ1v) is 12.1. The first-order chi connectivity index (χ1) is 17.0. The Morgan fingerprint density at radius 2 is 1.74 bits per heavy atom. The Kier molecular flexibility index (Phi) is 6.31. The van der Waals surface area contributed by atoms with Crippen molar-refractivity contribution in [2.75, 3.05) is 18.4 Å². The van der Waals surface area contributed by atoms with Gasteiger partial charge in [0.1, 0.15) is 0 Å². The Labute approximate surface area is 204 Å². The number of pyridine rings is 1. The molecule has 1 N–H and O–H groups in total. The van der Waals surface area contributed by atoms with Crippen molar-refractivity contribution in [1.82, 2.24) is 19.7 Å². The molecule has 1 unspecified atom stereocenters. The molecule has 178 valence electrons. The van der Waals surface area contributed by atoms with Crippen LogP contribution in [0.1, 0.15) is 43.1 Å². The topological polar surface area (TPSA) is 80.1 Å². The molecule has 1 aliphatic heterocycles. The highest BCUT2D eigenvalue weighted by Gasteiger charge is 2.30. The third-order valence-corrected chi connectivity index (χ3v) is 6.48. The lowest BCUT2D eigenvalue weighted by molar-refractivity contribution is -0.121. The molecule has 1 atom stereocenters. The number of fused-ring (bicyclic) bond motifs is 1. The zero-order chi connectivity index (χ0) is 24.4. The van der Waals surface area contributed by atoms with Gasteiger partial charge in [0.2, 0.25) is 5.91 Å². The number of hydrogen-bond acceptors (Lipinski definition) is 4.